The molecule has 2 amide bonds. The van der Waals surface area contributed by atoms with Crippen molar-refractivity contribution in [3.8, 4) is 11.1 Å². The zero-order valence-electron chi connectivity index (χ0n) is 28.6. The molecule has 7 rings (SSSR count). The van der Waals surface area contributed by atoms with E-state index >= 15 is 0 Å². The third-order valence-corrected chi connectivity index (χ3v) is 11.1. The average molecular weight is 728 g/mol. The highest BCUT2D eigenvalue weighted by Gasteiger charge is 2.66. The van der Waals surface area contributed by atoms with Crippen LogP contribution in [0, 0.1) is 19.3 Å². The predicted octanol–water partition coefficient (Wildman–Crippen LogP) is 6.25. The highest BCUT2D eigenvalue weighted by Crippen LogP contribution is 2.62. The fourth-order valence-electron chi connectivity index (χ4n) is 8.06. The van der Waals surface area contributed by atoms with Crippen molar-refractivity contribution in [2.45, 2.75) is 97.3 Å². The molecule has 11 nitrogen and oxygen atoms in total. The number of hydrogen-bond donors (Lipinski definition) is 1. The maximum absolute atomic E-state index is 14.4. The lowest BCUT2D eigenvalue weighted by atomic mass is 9.92. The molecule has 256 valence electrons. The highest BCUT2D eigenvalue weighted by atomic mass is 79.9. The van der Waals surface area contributed by atoms with Gasteiger partial charge in [0.25, 0.3) is 0 Å². The smallest absolute Gasteiger partial charge is 0.248 e. The van der Waals surface area contributed by atoms with Gasteiger partial charge >= 0.3 is 0 Å². The Kier molecular flexibility index (Phi) is 9.12. The number of benzene rings is 1. The number of aryl methyl sites for hydroxylation is 2. The van der Waals surface area contributed by atoms with Crippen molar-refractivity contribution >= 4 is 50.2 Å². The molecule has 0 radical (unpaired) electrons. The first kappa shape index (κ1) is 33.5. The maximum Gasteiger partial charge on any atom is 0.248 e. The summed E-state index contributed by atoms with van der Waals surface area (Å²) in [4.78, 5) is 58.8. The van der Waals surface area contributed by atoms with Gasteiger partial charge in [-0.05, 0) is 104 Å². The molecule has 1 saturated carbocycles. The Bertz CT molecular complexity index is 1940. The summed E-state index contributed by atoms with van der Waals surface area (Å²) in [6.45, 7) is 6.87. The molecule has 1 spiro atoms. The third-order valence-electron chi connectivity index (χ3n) is 10.6. The first-order chi connectivity index (χ1) is 23.5. The van der Waals surface area contributed by atoms with Crippen LogP contribution < -0.4 is 5.32 Å². The van der Waals surface area contributed by atoms with Crippen molar-refractivity contribution < 1.29 is 14.4 Å². The van der Waals surface area contributed by atoms with Crippen molar-refractivity contribution in [3.63, 3.8) is 0 Å². The number of nitrogens with zero attached hydrogens (tertiary/aromatic N) is 7. The molecule has 1 saturated heterocycles. The number of nitrogens with one attached hydrogen (secondary N) is 1. The number of anilines is 1. The molecule has 2 bridgehead atoms. The number of hydrogen-bond acceptors (Lipinski definition) is 8. The monoisotopic (exact) mass is 726 g/mol. The number of amides is 2. The highest BCUT2D eigenvalue weighted by molar-refractivity contribution is 9.10. The second-order valence-corrected chi connectivity index (χ2v) is 15.1. The van der Waals surface area contributed by atoms with Gasteiger partial charge in [-0.2, -0.15) is 5.10 Å². The fourth-order valence-corrected chi connectivity index (χ4v) is 8.37. The molecule has 2 aliphatic heterocycles. The van der Waals surface area contributed by atoms with E-state index < -0.39 is 6.04 Å². The van der Waals surface area contributed by atoms with Crippen molar-refractivity contribution in [1.82, 2.24) is 34.5 Å². The molecule has 4 aromatic rings. The van der Waals surface area contributed by atoms with Gasteiger partial charge in [-0.3, -0.25) is 19.1 Å². The standard InChI is InChI=1S/C37H43BrN8O3/c1-22-14-26(27-18-39-24(3)40-19-27)15-28-33(23(2)47)43-45(34(22)28)21-32(48)46-29-16-37(17-30(37)46)12-8-6-5-7-9-13-44(4)20-25-10-11-31(38)41-35(25)42-36(29)49/h10-11,14-15,18-19,29-30H,5-9,12-13,16-17,20-21H2,1-4H3,(H,41,42,49)/t29-,30?,37-/m0/s1. The Morgan fingerprint density at radius 1 is 1.02 bits per heavy atom. The number of likely N-dealkylation sites (tertiary alicyclic amines) is 1. The normalized spacial score (nSPS) is 23.2. The first-order valence-corrected chi connectivity index (χ1v) is 18.1. The Balaban J connectivity index is 1.21. The van der Waals surface area contributed by atoms with Gasteiger partial charge in [0.05, 0.1) is 5.52 Å². The average Bonchev–Trinajstić information content (AvgIpc) is 3.46. The quantitative estimate of drug-likeness (QED) is 0.193. The minimum atomic E-state index is -0.617. The summed E-state index contributed by atoms with van der Waals surface area (Å²) >= 11 is 3.48. The first-order valence-electron chi connectivity index (χ1n) is 17.3. The topological polar surface area (TPSA) is 126 Å². The largest absolute Gasteiger partial charge is 0.325 e. The molecule has 5 heterocycles. The molecule has 3 aliphatic rings. The van der Waals surface area contributed by atoms with E-state index in [-0.39, 0.29) is 35.6 Å². The fraction of sp³-hybridized carbons (Fsp3) is 0.486. The van der Waals surface area contributed by atoms with Crippen LogP contribution in [-0.2, 0) is 22.7 Å². The van der Waals surface area contributed by atoms with Gasteiger partial charge in [0, 0.05) is 48.4 Å². The molecule has 49 heavy (non-hydrogen) atoms. The molecule has 2 fully saturated rings. The molecule has 1 unspecified atom stereocenters. The van der Waals surface area contributed by atoms with Crippen LogP contribution in [0.25, 0.3) is 22.0 Å². The van der Waals surface area contributed by atoms with Crippen LogP contribution in [0.15, 0.2) is 41.3 Å². The van der Waals surface area contributed by atoms with Crippen LogP contribution in [0.5, 0.6) is 0 Å². The van der Waals surface area contributed by atoms with Crippen LogP contribution in [0.4, 0.5) is 5.82 Å². The van der Waals surface area contributed by atoms with E-state index in [4.69, 9.17) is 5.10 Å². The minimum Gasteiger partial charge on any atom is -0.325 e. The van der Waals surface area contributed by atoms with E-state index in [0.29, 0.717) is 40.3 Å². The summed E-state index contributed by atoms with van der Waals surface area (Å²) in [6.07, 6.45) is 11.9. The van der Waals surface area contributed by atoms with Crippen molar-refractivity contribution in [3.05, 3.63) is 63.9 Å². The van der Waals surface area contributed by atoms with Gasteiger partial charge in [0.2, 0.25) is 11.8 Å². The van der Waals surface area contributed by atoms with Crippen LogP contribution in [0.3, 0.4) is 0 Å². The summed E-state index contributed by atoms with van der Waals surface area (Å²) in [5.41, 5.74) is 4.53. The van der Waals surface area contributed by atoms with Crippen molar-refractivity contribution in [2.75, 3.05) is 18.9 Å². The molecule has 1 aromatic carbocycles. The van der Waals surface area contributed by atoms with E-state index in [1.165, 1.54) is 19.8 Å². The van der Waals surface area contributed by atoms with Gasteiger partial charge < -0.3 is 15.1 Å². The summed E-state index contributed by atoms with van der Waals surface area (Å²) < 4.78 is 2.29. The van der Waals surface area contributed by atoms with Crippen molar-refractivity contribution in [2.24, 2.45) is 5.41 Å². The van der Waals surface area contributed by atoms with E-state index in [2.05, 4.69) is 48.1 Å². The number of pyridine rings is 1. The molecule has 12 heteroatoms. The SMILES string of the molecule is CC(=O)c1nn(CC(=O)N2C3C[C@@]34CCCCCCCN(C)Cc3ccc(Br)nc3NC(=O)[C@@H]2C4)c2c(C)cc(-c3cnc(C)nc3)cc12. The molecular formula is C37H43BrN8O3. The van der Waals surface area contributed by atoms with E-state index in [0.717, 1.165) is 66.4 Å². The van der Waals surface area contributed by atoms with E-state index in [9.17, 15) is 14.4 Å². The molecule has 1 aliphatic carbocycles. The predicted molar refractivity (Wildman–Crippen MR) is 191 cm³/mol. The van der Waals surface area contributed by atoms with Crippen molar-refractivity contribution in [1.29, 1.82) is 0 Å². The second-order valence-electron chi connectivity index (χ2n) is 14.3. The number of ketones is 1. The number of piperidine rings is 1. The number of carbonyl (C=O) groups excluding carboxylic acids is 3. The van der Waals surface area contributed by atoms with E-state index in [1.54, 1.807) is 17.1 Å². The number of rotatable bonds is 4. The van der Waals surface area contributed by atoms with Gasteiger partial charge in [-0.15, -0.1) is 0 Å². The molecule has 1 N–H and O–H groups in total. The van der Waals surface area contributed by atoms with Crippen LogP contribution in [-0.4, -0.2) is 77.8 Å². The number of aromatic nitrogens is 5. The van der Waals surface area contributed by atoms with Crippen LogP contribution in [0.2, 0.25) is 0 Å². The number of Topliss-reactive ketones (excluding diaryl/α,β-unsaturated/α-hetero) is 1. The van der Waals surface area contributed by atoms with Crippen LogP contribution in [0.1, 0.15) is 85.7 Å². The van der Waals surface area contributed by atoms with Gasteiger partial charge in [0.1, 0.15) is 34.5 Å². The lowest BCUT2D eigenvalue weighted by molar-refractivity contribution is -0.138. The Labute approximate surface area is 295 Å². The lowest BCUT2D eigenvalue weighted by Gasteiger charge is -2.27. The summed E-state index contributed by atoms with van der Waals surface area (Å²) in [6, 6.07) is 7.23. The summed E-state index contributed by atoms with van der Waals surface area (Å²) in [5.74, 6) is 0.641. The zero-order chi connectivity index (χ0) is 34.4. The number of halogens is 1. The molecule has 3 atom stereocenters. The summed E-state index contributed by atoms with van der Waals surface area (Å²) in [5, 5.41) is 8.50. The second kappa shape index (κ2) is 13.4. The van der Waals surface area contributed by atoms with Gasteiger partial charge in [0.15, 0.2) is 5.78 Å². The van der Waals surface area contributed by atoms with Gasteiger partial charge in [-0.1, -0.05) is 31.7 Å². The Morgan fingerprint density at radius 2 is 1.78 bits per heavy atom. The minimum absolute atomic E-state index is 0.0100. The molecular weight excluding hydrogens is 684 g/mol. The lowest BCUT2D eigenvalue weighted by Crippen LogP contribution is -2.47. The number of fused-ring (bicyclic) bond motifs is 3. The number of carbonyl (C=O) groups is 3. The van der Waals surface area contributed by atoms with Gasteiger partial charge in [-0.25, -0.2) is 15.0 Å². The Morgan fingerprint density at radius 3 is 2.55 bits per heavy atom. The molecule has 3 aromatic heterocycles. The van der Waals surface area contributed by atoms with E-state index in [1.807, 2.05) is 43.0 Å². The summed E-state index contributed by atoms with van der Waals surface area (Å²) in [7, 11) is 2.10. The van der Waals surface area contributed by atoms with Crippen LogP contribution >= 0.6 is 15.9 Å². The third kappa shape index (κ3) is 6.64. The zero-order valence-corrected chi connectivity index (χ0v) is 30.2. The maximum atomic E-state index is 14.4. The Hall–Kier alpha value is -4.03.